The molecule has 3 aromatic rings. The lowest BCUT2D eigenvalue weighted by molar-refractivity contribution is 0.0906. The third kappa shape index (κ3) is 4.89. The van der Waals surface area contributed by atoms with E-state index in [1.807, 2.05) is 25.1 Å². The maximum absolute atomic E-state index is 13.1. The Morgan fingerprint density at radius 3 is 2.32 bits per heavy atom. The molecule has 0 saturated heterocycles. The Balaban J connectivity index is 1.64. The quantitative estimate of drug-likeness (QED) is 0.647. The van der Waals surface area contributed by atoms with E-state index in [2.05, 4.69) is 20.8 Å². The zero-order chi connectivity index (χ0) is 19.9. The van der Waals surface area contributed by atoms with Crippen LogP contribution in [0.15, 0.2) is 66.7 Å². The number of para-hydroxylation sites is 1. The van der Waals surface area contributed by atoms with Crippen LogP contribution in [-0.2, 0) is 4.74 Å². The van der Waals surface area contributed by atoms with Gasteiger partial charge in [-0.2, -0.15) is 0 Å². The molecule has 144 valence electrons. The normalized spacial score (nSPS) is 12.8. The molecule has 3 rings (SSSR count). The van der Waals surface area contributed by atoms with E-state index < -0.39 is 0 Å². The van der Waals surface area contributed by atoms with Gasteiger partial charge in [-0.1, -0.05) is 30.3 Å². The molecule has 0 aliphatic heterocycles. The Kier molecular flexibility index (Phi) is 6.29. The molecule has 28 heavy (non-hydrogen) atoms. The predicted octanol–water partition coefficient (Wildman–Crippen LogP) is 4.06. The fourth-order valence-electron chi connectivity index (χ4n) is 2.84. The lowest BCUT2D eigenvalue weighted by Crippen LogP contribution is -2.26. The van der Waals surface area contributed by atoms with Gasteiger partial charge in [-0.25, -0.2) is 4.39 Å². The Bertz CT molecular complexity index is 902. The average molecular weight is 380 g/mol. The van der Waals surface area contributed by atoms with Gasteiger partial charge in [0.2, 0.25) is 0 Å². The summed E-state index contributed by atoms with van der Waals surface area (Å²) in [5.41, 5.74) is 1.74. The summed E-state index contributed by atoms with van der Waals surface area (Å²) >= 11 is 0. The Labute approximate surface area is 162 Å². The van der Waals surface area contributed by atoms with Crippen LogP contribution in [-0.4, -0.2) is 29.3 Å². The van der Waals surface area contributed by atoms with Crippen LogP contribution in [0.3, 0.4) is 0 Å². The maximum atomic E-state index is 13.1. The molecule has 2 N–H and O–H groups in total. The van der Waals surface area contributed by atoms with Crippen LogP contribution in [0.5, 0.6) is 0 Å². The van der Waals surface area contributed by atoms with Crippen molar-refractivity contribution in [1.29, 1.82) is 0 Å². The zero-order valence-corrected chi connectivity index (χ0v) is 15.6. The zero-order valence-electron chi connectivity index (χ0n) is 15.6. The monoisotopic (exact) mass is 380 g/mol. The van der Waals surface area contributed by atoms with Crippen molar-refractivity contribution in [2.45, 2.75) is 19.1 Å². The molecule has 0 fully saturated rings. The SMILES string of the molecule is COC(c1ccc(F)cc1)C(C)Nc1ccc(C(=O)Nc2ccccc2)nn1. The van der Waals surface area contributed by atoms with Gasteiger partial charge in [0.1, 0.15) is 17.7 Å². The molecule has 1 aromatic heterocycles. The molecule has 2 atom stereocenters. The van der Waals surface area contributed by atoms with E-state index in [4.69, 9.17) is 4.74 Å². The number of hydrogen-bond donors (Lipinski definition) is 2. The number of benzene rings is 2. The third-order valence-corrected chi connectivity index (χ3v) is 4.21. The van der Waals surface area contributed by atoms with E-state index in [9.17, 15) is 9.18 Å². The van der Waals surface area contributed by atoms with E-state index in [1.165, 1.54) is 12.1 Å². The van der Waals surface area contributed by atoms with E-state index in [1.54, 1.807) is 43.5 Å². The molecule has 0 spiro atoms. The Morgan fingerprint density at radius 2 is 1.71 bits per heavy atom. The van der Waals surface area contributed by atoms with Crippen molar-refractivity contribution < 1.29 is 13.9 Å². The first-order valence-electron chi connectivity index (χ1n) is 8.82. The van der Waals surface area contributed by atoms with Gasteiger partial charge < -0.3 is 15.4 Å². The summed E-state index contributed by atoms with van der Waals surface area (Å²) in [6.07, 6.45) is -0.302. The summed E-state index contributed by atoms with van der Waals surface area (Å²) in [6.45, 7) is 1.93. The van der Waals surface area contributed by atoms with Gasteiger partial charge in [-0.3, -0.25) is 4.79 Å². The van der Waals surface area contributed by atoms with Gasteiger partial charge >= 0.3 is 0 Å². The van der Waals surface area contributed by atoms with Crippen molar-refractivity contribution in [3.8, 4) is 0 Å². The van der Waals surface area contributed by atoms with Gasteiger partial charge in [0.15, 0.2) is 5.69 Å². The van der Waals surface area contributed by atoms with Gasteiger partial charge in [-0.15, -0.1) is 10.2 Å². The maximum Gasteiger partial charge on any atom is 0.276 e. The summed E-state index contributed by atoms with van der Waals surface area (Å²) in [7, 11) is 1.59. The molecule has 0 saturated carbocycles. The summed E-state index contributed by atoms with van der Waals surface area (Å²) in [5.74, 6) is -0.123. The van der Waals surface area contributed by atoms with Crippen molar-refractivity contribution in [3.05, 3.63) is 83.8 Å². The number of nitrogens with zero attached hydrogens (tertiary/aromatic N) is 2. The second-order valence-electron chi connectivity index (χ2n) is 6.26. The first-order chi connectivity index (χ1) is 13.6. The Morgan fingerprint density at radius 1 is 1.00 bits per heavy atom. The highest BCUT2D eigenvalue weighted by Gasteiger charge is 2.19. The summed E-state index contributed by atoms with van der Waals surface area (Å²) in [5, 5.41) is 14.0. The topological polar surface area (TPSA) is 76.1 Å². The minimum absolute atomic E-state index is 0.159. The van der Waals surface area contributed by atoms with Gasteiger partial charge in [0.05, 0.1) is 6.04 Å². The summed E-state index contributed by atoms with van der Waals surface area (Å²) in [6, 6.07) is 18.4. The molecule has 7 heteroatoms. The van der Waals surface area contributed by atoms with Crippen molar-refractivity contribution in [2.24, 2.45) is 0 Å². The number of hydrogen-bond acceptors (Lipinski definition) is 5. The fraction of sp³-hybridized carbons (Fsp3) is 0.190. The first kappa shape index (κ1) is 19.4. The van der Waals surface area contributed by atoms with E-state index in [0.717, 1.165) is 5.56 Å². The number of halogens is 1. The van der Waals surface area contributed by atoms with Gasteiger partial charge in [-0.05, 0) is 48.9 Å². The van der Waals surface area contributed by atoms with Crippen molar-refractivity contribution >= 4 is 17.4 Å². The minimum atomic E-state index is -0.334. The van der Waals surface area contributed by atoms with E-state index in [-0.39, 0.29) is 29.6 Å². The molecule has 2 unspecified atom stereocenters. The van der Waals surface area contributed by atoms with Crippen LogP contribution in [0.25, 0.3) is 0 Å². The molecular formula is C21H21FN4O2. The summed E-state index contributed by atoms with van der Waals surface area (Å²) in [4.78, 5) is 12.2. The van der Waals surface area contributed by atoms with Gasteiger partial charge in [0, 0.05) is 12.8 Å². The molecular weight excluding hydrogens is 359 g/mol. The van der Waals surface area contributed by atoms with Crippen LogP contribution in [0, 0.1) is 5.82 Å². The second kappa shape index (κ2) is 9.05. The van der Waals surface area contributed by atoms with Crippen LogP contribution < -0.4 is 10.6 Å². The number of carbonyl (C=O) groups is 1. The standard InChI is InChI=1S/C21H21FN4O2/c1-14(20(28-2)15-8-10-16(22)11-9-15)23-19-13-12-18(25-26-19)21(27)24-17-6-4-3-5-7-17/h3-14,20H,1-2H3,(H,23,26)(H,24,27). The number of nitrogens with one attached hydrogen (secondary N) is 2. The number of ether oxygens (including phenoxy) is 1. The highest BCUT2D eigenvalue weighted by molar-refractivity contribution is 6.02. The predicted molar refractivity (Wildman–Crippen MR) is 106 cm³/mol. The fourth-order valence-corrected chi connectivity index (χ4v) is 2.84. The third-order valence-electron chi connectivity index (χ3n) is 4.21. The lowest BCUT2D eigenvalue weighted by atomic mass is 10.0. The lowest BCUT2D eigenvalue weighted by Gasteiger charge is -2.24. The molecule has 1 amide bonds. The van der Waals surface area contributed by atoms with Crippen LogP contribution in [0.4, 0.5) is 15.9 Å². The number of aromatic nitrogens is 2. The minimum Gasteiger partial charge on any atom is -0.375 e. The molecule has 6 nitrogen and oxygen atoms in total. The van der Waals surface area contributed by atoms with Crippen LogP contribution in [0.2, 0.25) is 0 Å². The van der Waals surface area contributed by atoms with Crippen molar-refractivity contribution in [1.82, 2.24) is 10.2 Å². The second-order valence-corrected chi connectivity index (χ2v) is 6.26. The highest BCUT2D eigenvalue weighted by atomic mass is 19.1. The average Bonchev–Trinajstić information content (AvgIpc) is 2.71. The van der Waals surface area contributed by atoms with E-state index >= 15 is 0 Å². The number of rotatable bonds is 7. The number of amides is 1. The largest absolute Gasteiger partial charge is 0.375 e. The highest BCUT2D eigenvalue weighted by Crippen LogP contribution is 2.23. The molecule has 0 radical (unpaired) electrons. The smallest absolute Gasteiger partial charge is 0.276 e. The number of methoxy groups -OCH3 is 1. The summed E-state index contributed by atoms with van der Waals surface area (Å²) < 4.78 is 18.7. The van der Waals surface area contributed by atoms with Crippen LogP contribution >= 0.6 is 0 Å². The van der Waals surface area contributed by atoms with Gasteiger partial charge in [0.25, 0.3) is 5.91 Å². The number of carbonyl (C=O) groups excluding carboxylic acids is 1. The molecule has 1 heterocycles. The molecule has 0 bridgehead atoms. The molecule has 0 aliphatic carbocycles. The van der Waals surface area contributed by atoms with Crippen LogP contribution in [0.1, 0.15) is 29.1 Å². The van der Waals surface area contributed by atoms with Crippen molar-refractivity contribution in [2.75, 3.05) is 17.7 Å². The first-order valence-corrected chi connectivity index (χ1v) is 8.82. The molecule has 0 aliphatic rings. The number of anilines is 2. The Hall–Kier alpha value is -3.32. The van der Waals surface area contributed by atoms with Crippen molar-refractivity contribution in [3.63, 3.8) is 0 Å². The van der Waals surface area contributed by atoms with E-state index in [0.29, 0.717) is 11.5 Å². The molecule has 2 aromatic carbocycles.